The lowest BCUT2D eigenvalue weighted by Gasteiger charge is -2.39. The van der Waals surface area contributed by atoms with Crippen molar-refractivity contribution in [2.24, 2.45) is 5.92 Å². The van der Waals surface area contributed by atoms with E-state index in [-0.39, 0.29) is 10.9 Å². The van der Waals surface area contributed by atoms with Gasteiger partial charge in [-0.25, -0.2) is 0 Å². The van der Waals surface area contributed by atoms with Crippen molar-refractivity contribution in [3.63, 3.8) is 0 Å². The van der Waals surface area contributed by atoms with Crippen molar-refractivity contribution >= 4 is 12.6 Å². The standard InChI is InChI=1S/C10H18OS/c1-7(2)8-4-5-9(11)10(3,12)6-8/h8-9,11-12H,1,4-6H2,2-3H3/t8-,9+,10+/m1/s1. The van der Waals surface area contributed by atoms with Crippen LogP contribution in [0.5, 0.6) is 0 Å². The Bertz CT molecular complexity index is 186. The second kappa shape index (κ2) is 3.43. The van der Waals surface area contributed by atoms with Gasteiger partial charge >= 0.3 is 0 Å². The average Bonchev–Trinajstić information content (AvgIpc) is 1.94. The number of thiol groups is 1. The molecule has 70 valence electrons. The topological polar surface area (TPSA) is 20.2 Å². The molecular formula is C10H18OS. The number of hydrogen-bond acceptors (Lipinski definition) is 2. The highest BCUT2D eigenvalue weighted by Gasteiger charge is 2.36. The van der Waals surface area contributed by atoms with Crippen LogP contribution >= 0.6 is 12.6 Å². The monoisotopic (exact) mass is 186 g/mol. The highest BCUT2D eigenvalue weighted by molar-refractivity contribution is 7.81. The molecule has 0 amide bonds. The van der Waals surface area contributed by atoms with E-state index < -0.39 is 0 Å². The molecule has 1 saturated carbocycles. The molecule has 12 heavy (non-hydrogen) atoms. The van der Waals surface area contributed by atoms with Gasteiger partial charge in [0.15, 0.2) is 0 Å². The summed E-state index contributed by atoms with van der Waals surface area (Å²) in [5.41, 5.74) is 1.22. The summed E-state index contributed by atoms with van der Waals surface area (Å²) in [4.78, 5) is 0. The quantitative estimate of drug-likeness (QED) is 0.476. The Labute approximate surface area is 80.3 Å². The van der Waals surface area contributed by atoms with Crippen LogP contribution in [0.4, 0.5) is 0 Å². The van der Waals surface area contributed by atoms with Crippen LogP contribution in [0, 0.1) is 5.92 Å². The third kappa shape index (κ3) is 2.05. The van der Waals surface area contributed by atoms with Gasteiger partial charge < -0.3 is 5.11 Å². The van der Waals surface area contributed by atoms with Gasteiger partial charge in [-0.05, 0) is 39.0 Å². The second-order valence-corrected chi connectivity index (χ2v) is 5.22. The van der Waals surface area contributed by atoms with E-state index in [1.54, 1.807) is 0 Å². The van der Waals surface area contributed by atoms with Crippen molar-refractivity contribution in [3.8, 4) is 0 Å². The fourth-order valence-electron chi connectivity index (χ4n) is 1.83. The minimum absolute atomic E-state index is 0.220. The number of aliphatic hydroxyl groups excluding tert-OH is 1. The van der Waals surface area contributed by atoms with Crippen LogP contribution in [0.2, 0.25) is 0 Å². The Kier molecular flexibility index (Phi) is 2.89. The van der Waals surface area contributed by atoms with Crippen LogP contribution in [0.25, 0.3) is 0 Å². The molecule has 1 nitrogen and oxygen atoms in total. The fraction of sp³-hybridized carbons (Fsp3) is 0.800. The molecule has 0 heterocycles. The predicted molar refractivity (Wildman–Crippen MR) is 55.6 cm³/mol. The molecule has 0 unspecified atom stereocenters. The lowest BCUT2D eigenvalue weighted by Crippen LogP contribution is -2.40. The van der Waals surface area contributed by atoms with E-state index >= 15 is 0 Å². The second-order valence-electron chi connectivity index (χ2n) is 4.20. The lowest BCUT2D eigenvalue weighted by molar-refractivity contribution is 0.0844. The number of aliphatic hydroxyl groups is 1. The molecule has 1 aliphatic carbocycles. The Morgan fingerprint density at radius 1 is 1.58 bits per heavy atom. The van der Waals surface area contributed by atoms with Crippen LogP contribution in [0.1, 0.15) is 33.1 Å². The minimum atomic E-state index is -0.253. The minimum Gasteiger partial charge on any atom is -0.392 e. The van der Waals surface area contributed by atoms with Gasteiger partial charge in [0.1, 0.15) is 0 Å². The summed E-state index contributed by atoms with van der Waals surface area (Å²) in [6.45, 7) is 8.03. The van der Waals surface area contributed by atoms with Crippen molar-refractivity contribution in [2.75, 3.05) is 0 Å². The van der Waals surface area contributed by atoms with Crippen molar-refractivity contribution in [1.82, 2.24) is 0 Å². The number of hydrogen-bond donors (Lipinski definition) is 2. The molecule has 0 radical (unpaired) electrons. The molecule has 0 spiro atoms. The first-order valence-electron chi connectivity index (χ1n) is 4.49. The summed E-state index contributed by atoms with van der Waals surface area (Å²) in [5, 5.41) is 9.63. The highest BCUT2D eigenvalue weighted by Crippen LogP contribution is 2.39. The van der Waals surface area contributed by atoms with E-state index in [4.69, 9.17) is 0 Å². The lowest BCUT2D eigenvalue weighted by atomic mass is 9.77. The average molecular weight is 186 g/mol. The van der Waals surface area contributed by atoms with Gasteiger partial charge in [0, 0.05) is 4.75 Å². The third-order valence-electron chi connectivity index (χ3n) is 2.86. The van der Waals surface area contributed by atoms with Crippen molar-refractivity contribution < 1.29 is 5.11 Å². The summed E-state index contributed by atoms with van der Waals surface area (Å²) in [5.74, 6) is 0.552. The molecule has 1 N–H and O–H groups in total. The first-order valence-corrected chi connectivity index (χ1v) is 4.94. The van der Waals surface area contributed by atoms with Crippen molar-refractivity contribution in [2.45, 2.75) is 44.0 Å². The SMILES string of the molecule is C=C(C)[C@@H]1CC[C@H](O)[C@@](C)(S)C1. The molecule has 0 bridgehead atoms. The van der Waals surface area contributed by atoms with E-state index in [2.05, 4.69) is 26.1 Å². The number of allylic oxidation sites excluding steroid dienone is 1. The van der Waals surface area contributed by atoms with Crippen molar-refractivity contribution in [3.05, 3.63) is 12.2 Å². The molecule has 2 heteroatoms. The van der Waals surface area contributed by atoms with Crippen LogP contribution in [0.3, 0.4) is 0 Å². The molecule has 3 atom stereocenters. The molecule has 1 rings (SSSR count). The van der Waals surface area contributed by atoms with E-state index in [0.29, 0.717) is 5.92 Å². The Morgan fingerprint density at radius 3 is 2.58 bits per heavy atom. The van der Waals surface area contributed by atoms with E-state index in [9.17, 15) is 5.11 Å². The highest BCUT2D eigenvalue weighted by atomic mass is 32.1. The van der Waals surface area contributed by atoms with Gasteiger partial charge in [0.25, 0.3) is 0 Å². The summed E-state index contributed by atoms with van der Waals surface area (Å²) < 4.78 is -0.220. The third-order valence-corrected chi connectivity index (χ3v) is 3.34. The maximum absolute atomic E-state index is 9.63. The first kappa shape index (κ1) is 10.1. The van der Waals surface area contributed by atoms with E-state index in [1.807, 2.05) is 6.92 Å². The van der Waals surface area contributed by atoms with Gasteiger partial charge in [0.2, 0.25) is 0 Å². The maximum Gasteiger partial charge on any atom is 0.0682 e. The number of rotatable bonds is 1. The summed E-state index contributed by atoms with van der Waals surface area (Å²) in [6, 6.07) is 0. The maximum atomic E-state index is 9.63. The molecule has 0 saturated heterocycles. The van der Waals surface area contributed by atoms with Gasteiger partial charge in [0.05, 0.1) is 6.10 Å². The van der Waals surface area contributed by atoms with Crippen LogP contribution in [-0.4, -0.2) is 16.0 Å². The molecular weight excluding hydrogens is 168 g/mol. The Balaban J connectivity index is 2.63. The summed E-state index contributed by atoms with van der Waals surface area (Å²) in [6.07, 6.45) is 2.62. The van der Waals surface area contributed by atoms with Gasteiger partial charge in [-0.3, -0.25) is 0 Å². The van der Waals surface area contributed by atoms with Gasteiger partial charge in [-0.15, -0.1) is 0 Å². The van der Waals surface area contributed by atoms with E-state index in [0.717, 1.165) is 19.3 Å². The molecule has 1 fully saturated rings. The molecule has 0 aromatic carbocycles. The zero-order valence-electron chi connectivity index (χ0n) is 7.88. The Morgan fingerprint density at radius 2 is 2.17 bits per heavy atom. The normalized spacial score (nSPS) is 42.7. The van der Waals surface area contributed by atoms with E-state index in [1.165, 1.54) is 5.57 Å². The molecule has 0 aromatic heterocycles. The largest absolute Gasteiger partial charge is 0.392 e. The van der Waals surface area contributed by atoms with Crippen LogP contribution < -0.4 is 0 Å². The van der Waals surface area contributed by atoms with Crippen LogP contribution in [-0.2, 0) is 0 Å². The van der Waals surface area contributed by atoms with Gasteiger partial charge in [-0.1, -0.05) is 12.2 Å². The first-order chi connectivity index (χ1) is 5.43. The van der Waals surface area contributed by atoms with Crippen LogP contribution in [0.15, 0.2) is 12.2 Å². The Hall–Kier alpha value is 0.0500. The smallest absolute Gasteiger partial charge is 0.0682 e. The van der Waals surface area contributed by atoms with Crippen molar-refractivity contribution in [1.29, 1.82) is 0 Å². The summed E-state index contributed by atoms with van der Waals surface area (Å²) >= 11 is 4.48. The predicted octanol–water partition coefficient (Wildman–Crippen LogP) is 2.41. The fourth-order valence-corrected chi connectivity index (χ4v) is 2.18. The zero-order chi connectivity index (χ0) is 9.35. The van der Waals surface area contributed by atoms with Gasteiger partial charge in [-0.2, -0.15) is 12.6 Å². The molecule has 0 aromatic rings. The zero-order valence-corrected chi connectivity index (χ0v) is 8.77. The molecule has 1 aliphatic rings. The summed E-state index contributed by atoms with van der Waals surface area (Å²) in [7, 11) is 0. The molecule has 0 aliphatic heterocycles.